The largest absolute Gasteiger partial charge is 0.372 e. The lowest BCUT2D eigenvalue weighted by atomic mass is 10.1. The van der Waals surface area contributed by atoms with Gasteiger partial charge in [-0.2, -0.15) is 0 Å². The third kappa shape index (κ3) is 7.49. The molecule has 156 valence electrons. The zero-order valence-corrected chi connectivity index (χ0v) is 17.7. The number of carbonyl (C=O) groups is 1. The Bertz CT molecular complexity index is 776. The van der Waals surface area contributed by atoms with Gasteiger partial charge >= 0.3 is 0 Å². The van der Waals surface area contributed by atoms with E-state index in [1.54, 1.807) is 7.05 Å². The van der Waals surface area contributed by atoms with E-state index in [-0.39, 0.29) is 5.91 Å². The summed E-state index contributed by atoms with van der Waals surface area (Å²) in [5.74, 6) is 0.709. The van der Waals surface area contributed by atoms with Crippen molar-refractivity contribution >= 4 is 17.6 Å². The molecule has 0 saturated carbocycles. The van der Waals surface area contributed by atoms with Crippen molar-refractivity contribution < 1.29 is 4.79 Å². The Morgan fingerprint density at radius 1 is 1.03 bits per heavy atom. The number of benzene rings is 2. The molecule has 0 heterocycles. The second-order valence-corrected chi connectivity index (χ2v) is 6.67. The van der Waals surface area contributed by atoms with E-state index in [9.17, 15) is 4.79 Å². The highest BCUT2D eigenvalue weighted by Crippen LogP contribution is 2.12. The van der Waals surface area contributed by atoms with Crippen LogP contribution in [0.25, 0.3) is 0 Å². The summed E-state index contributed by atoms with van der Waals surface area (Å²) in [5.41, 5.74) is 2.91. The molecule has 0 unspecified atom stereocenters. The number of nitrogens with one attached hydrogen (secondary N) is 3. The first-order valence-corrected chi connectivity index (χ1v) is 10.3. The topological polar surface area (TPSA) is 68.8 Å². The van der Waals surface area contributed by atoms with Crippen molar-refractivity contribution in [2.75, 3.05) is 38.1 Å². The molecule has 0 bridgehead atoms. The van der Waals surface area contributed by atoms with Crippen LogP contribution < -0.4 is 20.9 Å². The number of para-hydroxylation sites is 1. The molecule has 0 fully saturated rings. The van der Waals surface area contributed by atoms with E-state index in [0.29, 0.717) is 12.1 Å². The highest BCUT2D eigenvalue weighted by molar-refractivity contribution is 5.94. The van der Waals surface area contributed by atoms with Crippen molar-refractivity contribution in [1.29, 1.82) is 0 Å². The maximum absolute atomic E-state index is 11.8. The average molecular weight is 396 g/mol. The van der Waals surface area contributed by atoms with Crippen molar-refractivity contribution in [3.8, 4) is 0 Å². The Labute approximate surface area is 174 Å². The summed E-state index contributed by atoms with van der Waals surface area (Å²) in [4.78, 5) is 18.8. The van der Waals surface area contributed by atoms with Gasteiger partial charge in [-0.25, -0.2) is 4.99 Å². The number of amides is 1. The van der Waals surface area contributed by atoms with E-state index in [1.165, 1.54) is 5.69 Å². The second kappa shape index (κ2) is 12.4. The molecule has 0 aliphatic heterocycles. The lowest BCUT2D eigenvalue weighted by molar-refractivity contribution is 0.0963. The summed E-state index contributed by atoms with van der Waals surface area (Å²) in [5, 5.41) is 9.33. The summed E-state index contributed by atoms with van der Waals surface area (Å²) in [7, 11) is 1.64. The Morgan fingerprint density at radius 3 is 2.52 bits per heavy atom. The minimum absolute atomic E-state index is 0.0836. The van der Waals surface area contributed by atoms with Crippen LogP contribution >= 0.6 is 0 Å². The van der Waals surface area contributed by atoms with E-state index in [4.69, 9.17) is 0 Å². The van der Waals surface area contributed by atoms with E-state index in [1.807, 2.05) is 30.3 Å². The normalized spacial score (nSPS) is 11.1. The van der Waals surface area contributed by atoms with Gasteiger partial charge in [0.15, 0.2) is 5.96 Å². The molecule has 6 nitrogen and oxygen atoms in total. The predicted molar refractivity (Wildman–Crippen MR) is 122 cm³/mol. The van der Waals surface area contributed by atoms with Crippen molar-refractivity contribution in [1.82, 2.24) is 16.0 Å². The van der Waals surface area contributed by atoms with Crippen LogP contribution in [0, 0.1) is 0 Å². The first kappa shape index (κ1) is 22.3. The number of nitrogens with zero attached hydrogens (tertiary/aromatic N) is 2. The summed E-state index contributed by atoms with van der Waals surface area (Å²) in [6.07, 6.45) is 1.01. The summed E-state index contributed by atoms with van der Waals surface area (Å²) >= 11 is 0. The standard InChI is InChI=1S/C23H33N5O/c1-4-25-23(27-18-19-11-9-12-20(17-19)22(29)24-3)26-15-10-16-28(5-2)21-13-7-6-8-14-21/h6-9,11-14,17H,4-5,10,15-16,18H2,1-3H3,(H,24,29)(H2,25,26,27). The number of carbonyl (C=O) groups excluding carboxylic acids is 1. The molecule has 2 aromatic carbocycles. The maximum Gasteiger partial charge on any atom is 0.251 e. The molecular weight excluding hydrogens is 362 g/mol. The van der Waals surface area contributed by atoms with Crippen molar-refractivity contribution in [2.24, 2.45) is 4.99 Å². The van der Waals surface area contributed by atoms with Crippen LogP contribution in [0.15, 0.2) is 59.6 Å². The molecule has 6 heteroatoms. The van der Waals surface area contributed by atoms with Gasteiger partial charge in [0.05, 0.1) is 6.54 Å². The number of guanidine groups is 1. The number of hydrogen-bond acceptors (Lipinski definition) is 3. The molecule has 2 aromatic rings. The van der Waals surface area contributed by atoms with Gasteiger partial charge in [0, 0.05) is 44.5 Å². The first-order chi connectivity index (χ1) is 14.2. The van der Waals surface area contributed by atoms with E-state index in [2.05, 4.69) is 64.0 Å². The van der Waals surface area contributed by atoms with Crippen LogP contribution in [0.5, 0.6) is 0 Å². The van der Waals surface area contributed by atoms with Gasteiger partial charge in [0.1, 0.15) is 0 Å². The Balaban J connectivity index is 1.87. The van der Waals surface area contributed by atoms with E-state index < -0.39 is 0 Å². The first-order valence-electron chi connectivity index (χ1n) is 10.3. The highest BCUT2D eigenvalue weighted by atomic mass is 16.1. The minimum atomic E-state index is -0.0836. The number of aliphatic imine (C=N–C) groups is 1. The van der Waals surface area contributed by atoms with Gasteiger partial charge < -0.3 is 20.9 Å². The summed E-state index contributed by atoms with van der Waals surface area (Å²) in [6, 6.07) is 18.0. The number of anilines is 1. The van der Waals surface area contributed by atoms with Gasteiger partial charge in [-0.05, 0) is 50.1 Å². The smallest absolute Gasteiger partial charge is 0.251 e. The van der Waals surface area contributed by atoms with E-state index >= 15 is 0 Å². The van der Waals surface area contributed by atoms with Crippen molar-refractivity contribution in [3.63, 3.8) is 0 Å². The Kier molecular flexibility index (Phi) is 9.55. The fraction of sp³-hybridized carbons (Fsp3) is 0.391. The van der Waals surface area contributed by atoms with Crippen LogP contribution in [0.1, 0.15) is 36.2 Å². The zero-order valence-electron chi connectivity index (χ0n) is 17.7. The van der Waals surface area contributed by atoms with E-state index in [0.717, 1.165) is 44.1 Å². The highest BCUT2D eigenvalue weighted by Gasteiger charge is 2.05. The SMILES string of the molecule is CCNC(=NCc1cccc(C(=O)NC)c1)NCCCN(CC)c1ccccc1. The molecule has 0 aromatic heterocycles. The minimum Gasteiger partial charge on any atom is -0.372 e. The van der Waals surface area contributed by atoms with Crippen molar-refractivity contribution in [3.05, 3.63) is 65.7 Å². The number of hydrogen-bond donors (Lipinski definition) is 3. The van der Waals surface area contributed by atoms with Crippen LogP contribution in [0.3, 0.4) is 0 Å². The number of rotatable bonds is 10. The van der Waals surface area contributed by atoms with Gasteiger partial charge in [0.2, 0.25) is 0 Å². The third-order valence-corrected chi connectivity index (χ3v) is 4.58. The van der Waals surface area contributed by atoms with Crippen LogP contribution in [-0.4, -0.2) is 45.1 Å². The molecular formula is C23H33N5O. The molecule has 0 aliphatic rings. The lowest BCUT2D eigenvalue weighted by Gasteiger charge is -2.23. The molecule has 29 heavy (non-hydrogen) atoms. The van der Waals surface area contributed by atoms with Gasteiger partial charge in [-0.3, -0.25) is 4.79 Å². The van der Waals surface area contributed by atoms with Gasteiger partial charge in [0.25, 0.3) is 5.91 Å². The molecule has 0 atom stereocenters. The molecule has 0 radical (unpaired) electrons. The fourth-order valence-corrected chi connectivity index (χ4v) is 3.05. The van der Waals surface area contributed by atoms with Crippen LogP contribution in [0.4, 0.5) is 5.69 Å². The summed E-state index contributed by atoms with van der Waals surface area (Å²) < 4.78 is 0. The Hall–Kier alpha value is -3.02. The monoisotopic (exact) mass is 395 g/mol. The molecule has 0 aliphatic carbocycles. The van der Waals surface area contributed by atoms with Crippen molar-refractivity contribution in [2.45, 2.75) is 26.8 Å². The molecule has 1 amide bonds. The van der Waals surface area contributed by atoms with Crippen LogP contribution in [-0.2, 0) is 6.54 Å². The van der Waals surface area contributed by atoms with Gasteiger partial charge in [-0.1, -0.05) is 30.3 Å². The quantitative estimate of drug-likeness (QED) is 0.329. The third-order valence-electron chi connectivity index (χ3n) is 4.58. The average Bonchev–Trinajstić information content (AvgIpc) is 2.77. The Morgan fingerprint density at radius 2 is 1.83 bits per heavy atom. The van der Waals surface area contributed by atoms with Gasteiger partial charge in [-0.15, -0.1) is 0 Å². The predicted octanol–water partition coefficient (Wildman–Crippen LogP) is 3.02. The molecule has 2 rings (SSSR count). The summed E-state index contributed by atoms with van der Waals surface area (Å²) in [6.45, 7) is 8.37. The second-order valence-electron chi connectivity index (χ2n) is 6.67. The van der Waals surface area contributed by atoms with Crippen LogP contribution in [0.2, 0.25) is 0 Å². The molecule has 0 spiro atoms. The maximum atomic E-state index is 11.8. The zero-order chi connectivity index (χ0) is 20.9. The molecule has 3 N–H and O–H groups in total. The fourth-order valence-electron chi connectivity index (χ4n) is 3.05. The lowest BCUT2D eigenvalue weighted by Crippen LogP contribution is -2.38. The molecule has 0 saturated heterocycles.